The Balaban J connectivity index is 1.21. The van der Waals surface area contributed by atoms with Crippen molar-refractivity contribution in [3.63, 3.8) is 0 Å². The highest BCUT2D eigenvalue weighted by atomic mass is 16.3. The maximum absolute atomic E-state index is 6.22. The van der Waals surface area contributed by atoms with Crippen molar-refractivity contribution < 1.29 is 4.42 Å². The van der Waals surface area contributed by atoms with E-state index in [1.807, 2.05) is 12.1 Å². The third kappa shape index (κ3) is 3.81. The van der Waals surface area contributed by atoms with Gasteiger partial charge in [-0.05, 0) is 86.3 Å². The summed E-state index contributed by atoms with van der Waals surface area (Å²) in [4.78, 5) is 0. The van der Waals surface area contributed by atoms with Crippen LogP contribution in [0.4, 0.5) is 11.4 Å². The van der Waals surface area contributed by atoms with Gasteiger partial charge in [0, 0.05) is 16.5 Å². The number of rotatable bonds is 4. The van der Waals surface area contributed by atoms with Gasteiger partial charge in [-0.15, -0.1) is 0 Å². The molecule has 0 atom stereocenters. The highest BCUT2D eigenvalue weighted by Gasteiger charge is 2.13. The fourth-order valence-electron chi connectivity index (χ4n) is 5.81. The molecule has 0 bridgehead atoms. The minimum atomic E-state index is 0.876. The van der Waals surface area contributed by atoms with Gasteiger partial charge in [0.25, 0.3) is 0 Å². The van der Waals surface area contributed by atoms with E-state index < -0.39 is 0 Å². The van der Waals surface area contributed by atoms with Gasteiger partial charge in [-0.25, -0.2) is 0 Å². The Kier molecular flexibility index (Phi) is 5.17. The van der Waals surface area contributed by atoms with Gasteiger partial charge in [0.1, 0.15) is 5.58 Å². The first-order valence-electron chi connectivity index (χ1n) is 13.6. The van der Waals surface area contributed by atoms with Crippen molar-refractivity contribution in [3.8, 4) is 22.3 Å². The summed E-state index contributed by atoms with van der Waals surface area (Å²) in [6, 6.07) is 51.7. The van der Waals surface area contributed by atoms with Gasteiger partial charge in [-0.3, -0.25) is 0 Å². The Morgan fingerprint density at radius 3 is 1.80 bits per heavy atom. The fourth-order valence-corrected chi connectivity index (χ4v) is 5.81. The normalized spacial score (nSPS) is 11.5. The smallest absolute Gasteiger partial charge is 0.158 e. The van der Waals surface area contributed by atoms with Crippen LogP contribution in [0.1, 0.15) is 0 Å². The summed E-state index contributed by atoms with van der Waals surface area (Å²) in [7, 11) is 0. The van der Waals surface area contributed by atoms with Crippen molar-refractivity contribution in [2.75, 3.05) is 5.32 Å². The second-order valence-electron chi connectivity index (χ2n) is 10.3. The summed E-state index contributed by atoms with van der Waals surface area (Å²) in [5.74, 6) is 0. The molecule has 0 saturated carbocycles. The van der Waals surface area contributed by atoms with Crippen molar-refractivity contribution in [1.82, 2.24) is 0 Å². The number of benzene rings is 7. The van der Waals surface area contributed by atoms with Crippen LogP contribution in [0.5, 0.6) is 0 Å². The molecule has 0 fully saturated rings. The third-order valence-corrected chi connectivity index (χ3v) is 7.83. The van der Waals surface area contributed by atoms with Crippen LogP contribution in [-0.4, -0.2) is 0 Å². The van der Waals surface area contributed by atoms with Gasteiger partial charge < -0.3 is 9.73 Å². The van der Waals surface area contributed by atoms with E-state index >= 15 is 0 Å². The topological polar surface area (TPSA) is 25.2 Å². The number of nitrogens with one attached hydrogen (secondary N) is 1. The molecule has 0 amide bonds. The first-order valence-corrected chi connectivity index (χ1v) is 13.6. The zero-order valence-corrected chi connectivity index (χ0v) is 21.8. The van der Waals surface area contributed by atoms with Crippen LogP contribution in [0.25, 0.3) is 65.7 Å². The van der Waals surface area contributed by atoms with E-state index in [1.165, 1.54) is 43.8 Å². The molecule has 2 heteroatoms. The minimum absolute atomic E-state index is 0.876. The largest absolute Gasteiger partial charge is 0.454 e. The molecule has 188 valence electrons. The molecule has 8 aromatic rings. The molecule has 40 heavy (non-hydrogen) atoms. The van der Waals surface area contributed by atoms with Crippen LogP contribution in [0, 0.1) is 0 Å². The molecule has 1 aromatic heterocycles. The number of fused-ring (bicyclic) bond motifs is 5. The molecule has 7 aromatic carbocycles. The van der Waals surface area contributed by atoms with Crippen LogP contribution < -0.4 is 5.32 Å². The second kappa shape index (κ2) is 9.14. The molecule has 0 saturated heterocycles. The average molecular weight is 512 g/mol. The van der Waals surface area contributed by atoms with E-state index in [4.69, 9.17) is 4.42 Å². The quantitative estimate of drug-likeness (QED) is 0.254. The summed E-state index contributed by atoms with van der Waals surface area (Å²) in [6.45, 7) is 0. The van der Waals surface area contributed by atoms with Gasteiger partial charge in [-0.1, -0.05) is 103 Å². The van der Waals surface area contributed by atoms with Crippen LogP contribution in [-0.2, 0) is 0 Å². The standard InChI is InChI=1S/C38H25NO/c1-2-9-27-22-30(17-16-25(27)8-1)35-24-29-11-4-3-10-28(29)23-34(35)26-18-20-31(21-19-26)39-36-14-7-13-33-32-12-5-6-15-37(32)40-38(33)36/h1-24,39H. The summed E-state index contributed by atoms with van der Waals surface area (Å²) < 4.78 is 6.22. The monoisotopic (exact) mass is 511 g/mol. The molecule has 0 aliphatic carbocycles. The lowest BCUT2D eigenvalue weighted by Gasteiger charge is -2.14. The molecule has 2 nitrogen and oxygen atoms in total. The average Bonchev–Trinajstić information content (AvgIpc) is 3.40. The molecular weight excluding hydrogens is 486 g/mol. The van der Waals surface area contributed by atoms with Crippen molar-refractivity contribution in [2.45, 2.75) is 0 Å². The van der Waals surface area contributed by atoms with Gasteiger partial charge in [0.15, 0.2) is 5.58 Å². The minimum Gasteiger partial charge on any atom is -0.454 e. The Hall–Kier alpha value is -5.34. The zero-order valence-electron chi connectivity index (χ0n) is 21.8. The fraction of sp³-hybridized carbons (Fsp3) is 0. The maximum Gasteiger partial charge on any atom is 0.158 e. The maximum atomic E-state index is 6.22. The van der Waals surface area contributed by atoms with Crippen molar-refractivity contribution >= 4 is 54.9 Å². The molecule has 0 aliphatic rings. The molecule has 0 aliphatic heterocycles. The van der Waals surface area contributed by atoms with Gasteiger partial charge in [0.05, 0.1) is 5.69 Å². The van der Waals surface area contributed by atoms with Crippen LogP contribution in [0.2, 0.25) is 0 Å². The van der Waals surface area contributed by atoms with E-state index in [9.17, 15) is 0 Å². The predicted octanol–water partition coefficient (Wildman–Crippen LogP) is 11.0. The molecule has 0 unspecified atom stereocenters. The van der Waals surface area contributed by atoms with Gasteiger partial charge in [0.2, 0.25) is 0 Å². The van der Waals surface area contributed by atoms with E-state index in [0.29, 0.717) is 0 Å². The second-order valence-corrected chi connectivity index (χ2v) is 10.3. The Bertz CT molecular complexity index is 2190. The predicted molar refractivity (Wildman–Crippen MR) is 169 cm³/mol. The van der Waals surface area contributed by atoms with E-state index in [0.717, 1.165) is 33.3 Å². The van der Waals surface area contributed by atoms with Crippen molar-refractivity contribution in [3.05, 3.63) is 146 Å². The molecular formula is C38H25NO. The van der Waals surface area contributed by atoms with E-state index in [1.54, 1.807) is 0 Å². The Labute approximate surface area is 232 Å². The number of hydrogen-bond donors (Lipinski definition) is 1. The molecule has 1 heterocycles. The zero-order chi connectivity index (χ0) is 26.5. The van der Waals surface area contributed by atoms with Crippen molar-refractivity contribution in [2.24, 2.45) is 0 Å². The lowest BCUT2D eigenvalue weighted by atomic mass is 9.90. The Morgan fingerprint density at radius 1 is 0.425 bits per heavy atom. The summed E-state index contributed by atoms with van der Waals surface area (Å²) in [5.41, 5.74) is 8.62. The molecule has 1 N–H and O–H groups in total. The number of furan rings is 1. The van der Waals surface area contributed by atoms with Crippen LogP contribution in [0.3, 0.4) is 0 Å². The van der Waals surface area contributed by atoms with E-state index in [-0.39, 0.29) is 0 Å². The summed E-state index contributed by atoms with van der Waals surface area (Å²) >= 11 is 0. The lowest BCUT2D eigenvalue weighted by Crippen LogP contribution is -1.91. The van der Waals surface area contributed by atoms with Crippen molar-refractivity contribution in [1.29, 1.82) is 0 Å². The number of para-hydroxylation sites is 2. The summed E-state index contributed by atoms with van der Waals surface area (Å²) in [5, 5.41) is 10.8. The lowest BCUT2D eigenvalue weighted by molar-refractivity contribution is 0.670. The molecule has 8 rings (SSSR count). The summed E-state index contributed by atoms with van der Waals surface area (Å²) in [6.07, 6.45) is 0. The van der Waals surface area contributed by atoms with Crippen LogP contribution in [0.15, 0.2) is 150 Å². The van der Waals surface area contributed by atoms with Crippen LogP contribution >= 0.6 is 0 Å². The van der Waals surface area contributed by atoms with E-state index in [2.05, 4.69) is 139 Å². The first kappa shape index (κ1) is 22.6. The van der Waals surface area contributed by atoms with Gasteiger partial charge >= 0.3 is 0 Å². The highest BCUT2D eigenvalue weighted by Crippen LogP contribution is 2.38. The number of hydrogen-bond acceptors (Lipinski definition) is 2. The number of anilines is 2. The third-order valence-electron chi connectivity index (χ3n) is 7.83. The van der Waals surface area contributed by atoms with Gasteiger partial charge in [-0.2, -0.15) is 0 Å². The highest BCUT2D eigenvalue weighted by molar-refractivity contribution is 6.09. The SMILES string of the molecule is c1ccc2cc(-c3cc4ccccc4cc3-c3ccc(Nc4cccc5c4oc4ccccc45)cc3)ccc2c1. The molecule has 0 spiro atoms. The molecule has 0 radical (unpaired) electrons. The Morgan fingerprint density at radius 2 is 1.02 bits per heavy atom. The first-order chi connectivity index (χ1) is 19.8.